The van der Waals surface area contributed by atoms with Crippen molar-refractivity contribution in [3.8, 4) is 5.75 Å². The topological polar surface area (TPSA) is 81.4 Å². The lowest BCUT2D eigenvalue weighted by Crippen LogP contribution is -2.26. The van der Waals surface area contributed by atoms with Crippen molar-refractivity contribution in [1.29, 1.82) is 0 Å². The quantitative estimate of drug-likeness (QED) is 0.745. The zero-order valence-corrected chi connectivity index (χ0v) is 13.1. The minimum absolute atomic E-state index is 0. The zero-order chi connectivity index (χ0) is 14.5. The summed E-state index contributed by atoms with van der Waals surface area (Å²) in [6.45, 7) is 2.21. The Morgan fingerprint density at radius 1 is 1.35 bits per heavy atom. The van der Waals surface area contributed by atoms with Gasteiger partial charge in [0.25, 0.3) is 0 Å². The summed E-state index contributed by atoms with van der Waals surface area (Å²) < 4.78 is 45.1. The maximum Gasteiger partial charge on any atom is 0.240 e. The Hall–Kier alpha value is -0.890. The lowest BCUT2D eigenvalue weighted by atomic mass is 10.2. The highest BCUT2D eigenvalue weighted by atomic mass is 35.5. The molecule has 0 aliphatic heterocycles. The van der Waals surface area contributed by atoms with Gasteiger partial charge in [-0.3, -0.25) is 0 Å². The molecule has 0 atom stereocenters. The maximum atomic E-state index is 13.8. The van der Waals surface area contributed by atoms with Gasteiger partial charge in [0.15, 0.2) is 11.6 Å². The van der Waals surface area contributed by atoms with Crippen LogP contribution in [0, 0.1) is 12.7 Å². The first kappa shape index (κ1) is 19.1. The number of sulfonamides is 1. The van der Waals surface area contributed by atoms with Crippen LogP contribution in [0.4, 0.5) is 4.39 Å². The Morgan fingerprint density at radius 2 is 2.00 bits per heavy atom. The second-order valence-corrected chi connectivity index (χ2v) is 5.83. The number of unbranched alkanes of at least 4 members (excludes halogenated alkanes) is 1. The summed E-state index contributed by atoms with van der Waals surface area (Å²) >= 11 is 0. The number of halogens is 2. The van der Waals surface area contributed by atoms with Crippen molar-refractivity contribution in [3.63, 3.8) is 0 Å². The van der Waals surface area contributed by atoms with E-state index in [4.69, 9.17) is 10.5 Å². The van der Waals surface area contributed by atoms with Crippen molar-refractivity contribution >= 4 is 22.4 Å². The molecule has 0 saturated heterocycles. The Kier molecular flexibility index (Phi) is 8.03. The van der Waals surface area contributed by atoms with Crippen LogP contribution in [0.2, 0.25) is 0 Å². The van der Waals surface area contributed by atoms with E-state index in [0.29, 0.717) is 13.0 Å². The van der Waals surface area contributed by atoms with E-state index in [-0.39, 0.29) is 35.2 Å². The smallest absolute Gasteiger partial charge is 0.240 e. The first-order valence-corrected chi connectivity index (χ1v) is 7.45. The van der Waals surface area contributed by atoms with Crippen molar-refractivity contribution in [2.24, 2.45) is 5.73 Å². The molecule has 0 aliphatic rings. The molecule has 0 radical (unpaired) electrons. The molecule has 0 unspecified atom stereocenters. The van der Waals surface area contributed by atoms with Gasteiger partial charge in [-0.1, -0.05) is 0 Å². The summed E-state index contributed by atoms with van der Waals surface area (Å²) in [5.74, 6) is -0.632. The highest BCUT2D eigenvalue weighted by Crippen LogP contribution is 2.25. The summed E-state index contributed by atoms with van der Waals surface area (Å²) in [5.41, 5.74) is 5.37. The van der Waals surface area contributed by atoms with Crippen LogP contribution in [-0.4, -0.2) is 28.6 Å². The molecule has 20 heavy (non-hydrogen) atoms. The van der Waals surface area contributed by atoms with E-state index in [1.54, 1.807) is 0 Å². The molecule has 0 spiro atoms. The Labute approximate surface area is 125 Å². The number of benzene rings is 1. The molecule has 0 bridgehead atoms. The standard InChI is InChI=1S/C12H19FN2O3S.ClH/c1-9-11(6-5-10(18-2)12(9)13)19(16,17)15-8-4-3-7-14;/h5-6,15H,3-4,7-8,14H2,1-2H3;1H. The van der Waals surface area contributed by atoms with Gasteiger partial charge in [0.1, 0.15) is 0 Å². The van der Waals surface area contributed by atoms with Gasteiger partial charge < -0.3 is 10.5 Å². The van der Waals surface area contributed by atoms with Crippen molar-refractivity contribution in [2.45, 2.75) is 24.7 Å². The second-order valence-electron chi connectivity index (χ2n) is 4.10. The summed E-state index contributed by atoms with van der Waals surface area (Å²) in [7, 11) is -2.37. The minimum atomic E-state index is -3.71. The van der Waals surface area contributed by atoms with Gasteiger partial charge in [-0.15, -0.1) is 12.4 Å². The van der Waals surface area contributed by atoms with Crippen molar-refractivity contribution in [2.75, 3.05) is 20.2 Å². The van der Waals surface area contributed by atoms with E-state index in [9.17, 15) is 12.8 Å². The predicted octanol–water partition coefficient (Wildman–Crippen LogP) is 1.58. The van der Waals surface area contributed by atoms with E-state index in [2.05, 4.69) is 4.72 Å². The fourth-order valence-electron chi connectivity index (χ4n) is 1.64. The molecule has 5 nitrogen and oxygen atoms in total. The Morgan fingerprint density at radius 3 is 2.55 bits per heavy atom. The predicted molar refractivity (Wildman–Crippen MR) is 78.4 cm³/mol. The van der Waals surface area contributed by atoms with E-state index in [0.717, 1.165) is 6.42 Å². The number of hydrogen-bond acceptors (Lipinski definition) is 4. The van der Waals surface area contributed by atoms with Crippen molar-refractivity contribution in [3.05, 3.63) is 23.5 Å². The van der Waals surface area contributed by atoms with Crippen molar-refractivity contribution < 1.29 is 17.5 Å². The molecule has 8 heteroatoms. The highest BCUT2D eigenvalue weighted by Gasteiger charge is 2.20. The molecular formula is C12H20ClFN2O3S. The van der Waals surface area contributed by atoms with E-state index < -0.39 is 15.8 Å². The summed E-state index contributed by atoms with van der Waals surface area (Å²) in [6.07, 6.45) is 1.38. The van der Waals surface area contributed by atoms with Gasteiger partial charge in [-0.25, -0.2) is 17.5 Å². The van der Waals surface area contributed by atoms with E-state index in [1.165, 1.54) is 26.2 Å². The fourth-order valence-corrected chi connectivity index (χ4v) is 2.95. The third-order valence-electron chi connectivity index (χ3n) is 2.73. The largest absolute Gasteiger partial charge is 0.494 e. The molecule has 0 aliphatic carbocycles. The van der Waals surface area contributed by atoms with Gasteiger partial charge in [-0.2, -0.15) is 0 Å². The van der Waals surface area contributed by atoms with Crippen LogP contribution in [-0.2, 0) is 10.0 Å². The number of rotatable bonds is 7. The molecule has 0 aromatic heterocycles. The zero-order valence-electron chi connectivity index (χ0n) is 11.5. The number of ether oxygens (including phenoxy) is 1. The third kappa shape index (κ3) is 4.59. The molecule has 0 heterocycles. The monoisotopic (exact) mass is 326 g/mol. The van der Waals surface area contributed by atoms with Crippen LogP contribution in [0.5, 0.6) is 5.75 Å². The van der Waals surface area contributed by atoms with Gasteiger partial charge >= 0.3 is 0 Å². The van der Waals surface area contributed by atoms with Crippen molar-refractivity contribution in [1.82, 2.24) is 4.72 Å². The Bertz CT molecular complexity index is 538. The van der Waals surface area contributed by atoms with Crippen LogP contribution in [0.15, 0.2) is 17.0 Å². The second kappa shape index (κ2) is 8.41. The summed E-state index contributed by atoms with van der Waals surface area (Å²) in [4.78, 5) is -0.0708. The number of nitrogens with one attached hydrogen (secondary N) is 1. The molecular weight excluding hydrogens is 307 g/mol. The first-order valence-electron chi connectivity index (χ1n) is 5.97. The lowest BCUT2D eigenvalue weighted by Gasteiger charge is -2.11. The fraction of sp³-hybridized carbons (Fsp3) is 0.500. The molecule has 0 fully saturated rings. The normalized spacial score (nSPS) is 11.0. The van der Waals surface area contributed by atoms with Crippen LogP contribution in [0.25, 0.3) is 0 Å². The van der Waals surface area contributed by atoms with Crippen LogP contribution >= 0.6 is 12.4 Å². The summed E-state index contributed by atoms with van der Waals surface area (Å²) in [5, 5.41) is 0. The molecule has 0 amide bonds. The van der Waals surface area contributed by atoms with Gasteiger partial charge in [0, 0.05) is 12.1 Å². The molecule has 1 aromatic rings. The average molecular weight is 327 g/mol. The summed E-state index contributed by atoms with van der Waals surface area (Å²) in [6, 6.07) is 2.64. The number of methoxy groups -OCH3 is 1. The lowest BCUT2D eigenvalue weighted by molar-refractivity contribution is 0.384. The Balaban J connectivity index is 0.00000361. The average Bonchev–Trinajstić information content (AvgIpc) is 2.37. The molecule has 1 aromatic carbocycles. The number of nitrogens with two attached hydrogens (primary N) is 1. The SMILES string of the molecule is COc1ccc(S(=O)(=O)NCCCCN)c(C)c1F.Cl. The minimum Gasteiger partial charge on any atom is -0.494 e. The molecule has 1 rings (SSSR count). The number of hydrogen-bond donors (Lipinski definition) is 2. The van der Waals surface area contributed by atoms with E-state index >= 15 is 0 Å². The van der Waals surface area contributed by atoms with Gasteiger partial charge in [-0.05, 0) is 38.4 Å². The van der Waals surface area contributed by atoms with Crippen LogP contribution in [0.1, 0.15) is 18.4 Å². The van der Waals surface area contributed by atoms with Gasteiger partial charge in [0.05, 0.1) is 12.0 Å². The molecule has 3 N–H and O–H groups in total. The van der Waals surface area contributed by atoms with Crippen LogP contribution in [0.3, 0.4) is 0 Å². The van der Waals surface area contributed by atoms with E-state index in [1.807, 2.05) is 0 Å². The van der Waals surface area contributed by atoms with Gasteiger partial charge in [0.2, 0.25) is 10.0 Å². The van der Waals surface area contributed by atoms with Crippen LogP contribution < -0.4 is 15.2 Å². The third-order valence-corrected chi connectivity index (χ3v) is 4.34. The molecule has 0 saturated carbocycles. The molecule has 116 valence electrons. The first-order chi connectivity index (χ1) is 8.94. The highest BCUT2D eigenvalue weighted by molar-refractivity contribution is 7.89. The maximum absolute atomic E-state index is 13.8.